The Kier molecular flexibility index (Phi) is 11.5. The second-order valence-electron chi connectivity index (χ2n) is 12.1. The Morgan fingerprint density at radius 1 is 0.884 bits per heavy atom. The summed E-state index contributed by atoms with van der Waals surface area (Å²) in [5, 5.41) is 7.41. The minimum atomic E-state index is -0.247. The van der Waals surface area contributed by atoms with Crippen LogP contribution in [0.5, 0.6) is 0 Å². The van der Waals surface area contributed by atoms with Crippen molar-refractivity contribution in [2.24, 2.45) is 5.92 Å². The minimum Gasteiger partial charge on any atom is -0.351 e. The van der Waals surface area contributed by atoms with Crippen LogP contribution in [0.2, 0.25) is 5.02 Å². The van der Waals surface area contributed by atoms with E-state index in [0.29, 0.717) is 30.6 Å². The zero-order valence-electron chi connectivity index (χ0n) is 25.0. The highest BCUT2D eigenvalue weighted by molar-refractivity contribution is 6.30. The maximum absolute atomic E-state index is 14.1. The van der Waals surface area contributed by atoms with Crippen LogP contribution in [0.3, 0.4) is 0 Å². The lowest BCUT2D eigenvalue weighted by molar-refractivity contribution is -0.133. The third-order valence-corrected chi connectivity index (χ3v) is 9.26. The molecule has 0 aromatic heterocycles. The van der Waals surface area contributed by atoms with Crippen molar-refractivity contribution < 1.29 is 9.59 Å². The number of nitrogens with one attached hydrogen (secondary N) is 2. The monoisotopic (exact) mass is 597 g/mol. The first-order chi connectivity index (χ1) is 21.0. The van der Waals surface area contributed by atoms with Crippen LogP contribution in [0.25, 0.3) is 6.08 Å². The highest BCUT2D eigenvalue weighted by atomic mass is 35.5. The number of hydrogen-bond donors (Lipinski definition) is 2. The molecule has 2 N–H and O–H groups in total. The number of carbonyl (C=O) groups is 2. The maximum atomic E-state index is 14.1. The van der Waals surface area contributed by atoms with Crippen molar-refractivity contribution in [2.45, 2.75) is 69.4 Å². The molecule has 1 aliphatic heterocycles. The number of halogens is 1. The number of carbonyl (C=O) groups excluding carboxylic acids is 2. The molecular weight excluding hydrogens is 554 g/mol. The first-order valence-electron chi connectivity index (χ1n) is 15.9. The molecule has 2 aliphatic rings. The SMILES string of the molecule is O=C(/C=C/c1ccc(Cl)cc1)NCC1CCN(CC(c2ccccc2)c2ccccc2)C(=O)C(CCC2CCCCC2)N1. The second kappa shape index (κ2) is 15.9. The van der Waals surface area contributed by atoms with E-state index in [2.05, 4.69) is 64.1 Å². The summed E-state index contributed by atoms with van der Waals surface area (Å²) >= 11 is 5.97. The van der Waals surface area contributed by atoms with Gasteiger partial charge in [-0.25, -0.2) is 0 Å². The zero-order chi connectivity index (χ0) is 29.9. The van der Waals surface area contributed by atoms with E-state index in [1.165, 1.54) is 43.2 Å². The van der Waals surface area contributed by atoms with E-state index in [1.807, 2.05) is 36.4 Å². The smallest absolute Gasteiger partial charge is 0.244 e. The molecule has 2 atom stereocenters. The van der Waals surface area contributed by atoms with Crippen LogP contribution in [0.15, 0.2) is 91.0 Å². The summed E-state index contributed by atoms with van der Waals surface area (Å²) in [7, 11) is 0. The van der Waals surface area contributed by atoms with E-state index >= 15 is 0 Å². The van der Waals surface area contributed by atoms with Gasteiger partial charge in [-0.1, -0.05) is 117 Å². The second-order valence-corrected chi connectivity index (χ2v) is 12.5. The van der Waals surface area contributed by atoms with Gasteiger partial charge in [0.1, 0.15) is 0 Å². The first-order valence-corrected chi connectivity index (χ1v) is 16.3. The van der Waals surface area contributed by atoms with Crippen LogP contribution in [0.4, 0.5) is 0 Å². The fourth-order valence-electron chi connectivity index (χ4n) is 6.53. The molecule has 0 bridgehead atoms. The van der Waals surface area contributed by atoms with Gasteiger partial charge in [0.15, 0.2) is 0 Å². The Morgan fingerprint density at radius 3 is 2.19 bits per heavy atom. The van der Waals surface area contributed by atoms with Gasteiger partial charge in [-0.15, -0.1) is 0 Å². The predicted octanol–water partition coefficient (Wildman–Crippen LogP) is 7.22. The molecule has 6 heteroatoms. The van der Waals surface area contributed by atoms with Crippen LogP contribution in [-0.4, -0.2) is 48.4 Å². The number of hydrogen-bond acceptors (Lipinski definition) is 3. The van der Waals surface area contributed by atoms with Gasteiger partial charge in [0.2, 0.25) is 11.8 Å². The molecule has 5 rings (SSSR count). The summed E-state index contributed by atoms with van der Waals surface area (Å²) in [5.74, 6) is 0.845. The van der Waals surface area contributed by atoms with Gasteiger partial charge in [-0.05, 0) is 60.1 Å². The van der Waals surface area contributed by atoms with E-state index in [9.17, 15) is 9.59 Å². The molecule has 0 radical (unpaired) electrons. The lowest BCUT2D eigenvalue weighted by Gasteiger charge is -2.30. The van der Waals surface area contributed by atoms with E-state index < -0.39 is 0 Å². The van der Waals surface area contributed by atoms with Gasteiger partial charge in [0.05, 0.1) is 6.04 Å². The summed E-state index contributed by atoms with van der Waals surface area (Å²) in [4.78, 5) is 28.9. The third kappa shape index (κ3) is 9.29. The molecule has 0 spiro atoms. The topological polar surface area (TPSA) is 61.4 Å². The van der Waals surface area contributed by atoms with Gasteiger partial charge in [0.25, 0.3) is 0 Å². The molecule has 1 aliphatic carbocycles. The molecule has 43 heavy (non-hydrogen) atoms. The Bertz CT molecular complexity index is 1280. The lowest BCUT2D eigenvalue weighted by Crippen LogP contribution is -2.49. The molecule has 2 amide bonds. The molecule has 2 unspecified atom stereocenters. The molecular formula is C37H44ClN3O2. The summed E-state index contributed by atoms with van der Waals surface area (Å²) in [5.41, 5.74) is 3.35. The van der Waals surface area contributed by atoms with Crippen LogP contribution >= 0.6 is 11.6 Å². The molecule has 3 aromatic rings. The van der Waals surface area contributed by atoms with E-state index in [4.69, 9.17) is 11.6 Å². The molecule has 3 aromatic carbocycles. The molecule has 1 heterocycles. The minimum absolute atomic E-state index is 0.0186. The summed E-state index contributed by atoms with van der Waals surface area (Å²) in [6, 6.07) is 28.2. The number of rotatable bonds is 11. The molecule has 1 saturated heterocycles. The van der Waals surface area contributed by atoms with Crippen molar-refractivity contribution in [1.82, 2.24) is 15.5 Å². The molecule has 226 valence electrons. The Labute approximate surface area is 261 Å². The van der Waals surface area contributed by atoms with Crippen LogP contribution in [0, 0.1) is 5.92 Å². The number of nitrogens with zero attached hydrogens (tertiary/aromatic N) is 1. The largest absolute Gasteiger partial charge is 0.351 e. The lowest BCUT2D eigenvalue weighted by atomic mass is 9.85. The first kappa shape index (κ1) is 31.0. The van der Waals surface area contributed by atoms with Gasteiger partial charge in [-0.3, -0.25) is 9.59 Å². The standard InChI is InChI=1S/C37H44ClN3O2/c38-32-20-16-29(17-21-32)19-23-36(42)39-26-33-24-25-41(37(43)35(40-33)22-18-28-10-4-1-5-11-28)27-34(30-12-6-2-7-13-30)31-14-8-3-9-15-31/h2-3,6-9,12-17,19-21,23,28,33-35,40H,1,4-5,10-11,18,22,24-27H2,(H,39,42)/b23-19+. The average molecular weight is 598 g/mol. The molecule has 2 fully saturated rings. The van der Waals surface area contributed by atoms with Crippen molar-refractivity contribution in [2.75, 3.05) is 19.6 Å². The third-order valence-electron chi connectivity index (χ3n) is 9.01. The average Bonchev–Trinajstić information content (AvgIpc) is 3.20. The van der Waals surface area contributed by atoms with Crippen LogP contribution in [-0.2, 0) is 9.59 Å². The van der Waals surface area contributed by atoms with Gasteiger partial charge < -0.3 is 15.5 Å². The number of amides is 2. The van der Waals surface area contributed by atoms with E-state index in [-0.39, 0.29) is 29.8 Å². The van der Waals surface area contributed by atoms with Crippen molar-refractivity contribution >= 4 is 29.5 Å². The van der Waals surface area contributed by atoms with Crippen molar-refractivity contribution in [1.29, 1.82) is 0 Å². The zero-order valence-corrected chi connectivity index (χ0v) is 25.7. The maximum Gasteiger partial charge on any atom is 0.244 e. The summed E-state index contributed by atoms with van der Waals surface area (Å²) in [6.45, 7) is 1.77. The van der Waals surface area contributed by atoms with Crippen molar-refractivity contribution in [3.8, 4) is 0 Å². The van der Waals surface area contributed by atoms with Gasteiger partial charge in [0, 0.05) is 42.7 Å². The fraction of sp³-hybridized carbons (Fsp3) is 0.405. The molecule has 5 nitrogen and oxygen atoms in total. The van der Waals surface area contributed by atoms with E-state index in [0.717, 1.165) is 24.8 Å². The fourth-order valence-corrected chi connectivity index (χ4v) is 6.66. The van der Waals surface area contributed by atoms with Gasteiger partial charge in [-0.2, -0.15) is 0 Å². The van der Waals surface area contributed by atoms with Crippen molar-refractivity contribution in [3.63, 3.8) is 0 Å². The van der Waals surface area contributed by atoms with Crippen molar-refractivity contribution in [3.05, 3.63) is 113 Å². The van der Waals surface area contributed by atoms with Crippen LogP contribution in [0.1, 0.15) is 74.0 Å². The van der Waals surface area contributed by atoms with E-state index in [1.54, 1.807) is 12.2 Å². The Morgan fingerprint density at radius 2 is 1.53 bits per heavy atom. The van der Waals surface area contributed by atoms with Gasteiger partial charge >= 0.3 is 0 Å². The summed E-state index contributed by atoms with van der Waals surface area (Å²) < 4.78 is 0. The summed E-state index contributed by atoms with van der Waals surface area (Å²) in [6.07, 6.45) is 12.5. The highest BCUT2D eigenvalue weighted by Crippen LogP contribution is 2.30. The predicted molar refractivity (Wildman–Crippen MR) is 176 cm³/mol. The Hall–Kier alpha value is -3.41. The van der Waals surface area contributed by atoms with Crippen LogP contribution < -0.4 is 10.6 Å². The molecule has 1 saturated carbocycles. The normalized spacial score (nSPS) is 20.0. The quantitative estimate of drug-likeness (QED) is 0.229. The highest BCUT2D eigenvalue weighted by Gasteiger charge is 2.33. The number of benzene rings is 3. The Balaban J connectivity index is 1.28.